The first-order valence-corrected chi connectivity index (χ1v) is 10.1. The second kappa shape index (κ2) is 8.76. The maximum atomic E-state index is 12.4. The van der Waals surface area contributed by atoms with Crippen LogP contribution in [0.5, 0.6) is 0 Å². The number of nitrogens with zero attached hydrogens (tertiary/aromatic N) is 1. The van der Waals surface area contributed by atoms with Crippen molar-refractivity contribution in [3.63, 3.8) is 0 Å². The Kier molecular flexibility index (Phi) is 5.94. The molecule has 6 nitrogen and oxygen atoms in total. The van der Waals surface area contributed by atoms with E-state index in [2.05, 4.69) is 22.4 Å². The molecule has 1 aromatic heterocycles. The third-order valence-electron chi connectivity index (χ3n) is 5.62. The van der Waals surface area contributed by atoms with Crippen LogP contribution in [0.3, 0.4) is 0 Å². The number of H-pyrrole nitrogens is 1. The van der Waals surface area contributed by atoms with Crippen molar-refractivity contribution in [2.75, 3.05) is 32.8 Å². The fourth-order valence-corrected chi connectivity index (χ4v) is 4.00. The van der Waals surface area contributed by atoms with Gasteiger partial charge >= 0.3 is 6.03 Å². The van der Waals surface area contributed by atoms with E-state index >= 15 is 0 Å². The molecule has 2 saturated heterocycles. The van der Waals surface area contributed by atoms with Gasteiger partial charge in [0.25, 0.3) is 0 Å². The maximum absolute atomic E-state index is 12.4. The number of likely N-dealkylation sites (tertiary alicyclic amines) is 1. The third-order valence-corrected chi connectivity index (χ3v) is 5.62. The number of hydrogen-bond donors (Lipinski definition) is 2. The lowest BCUT2D eigenvalue weighted by atomic mass is 10.1. The molecule has 146 valence electrons. The van der Waals surface area contributed by atoms with Crippen LogP contribution in [0.15, 0.2) is 30.5 Å². The molecular weight excluding hydrogens is 342 g/mol. The van der Waals surface area contributed by atoms with Crippen molar-refractivity contribution in [1.82, 2.24) is 15.2 Å². The lowest BCUT2D eigenvalue weighted by Crippen LogP contribution is -2.46. The summed E-state index contributed by atoms with van der Waals surface area (Å²) in [5.41, 5.74) is 2.39. The van der Waals surface area contributed by atoms with Crippen molar-refractivity contribution in [3.8, 4) is 0 Å². The van der Waals surface area contributed by atoms with E-state index in [-0.39, 0.29) is 18.2 Å². The quantitative estimate of drug-likeness (QED) is 0.820. The number of amides is 2. The largest absolute Gasteiger partial charge is 0.376 e. The fourth-order valence-electron chi connectivity index (χ4n) is 4.00. The van der Waals surface area contributed by atoms with Crippen LogP contribution in [-0.4, -0.2) is 61.0 Å². The van der Waals surface area contributed by atoms with E-state index in [1.54, 1.807) is 0 Å². The summed E-state index contributed by atoms with van der Waals surface area (Å²) < 4.78 is 11.6. The van der Waals surface area contributed by atoms with Crippen LogP contribution in [0.2, 0.25) is 0 Å². The first-order valence-electron chi connectivity index (χ1n) is 10.1. The highest BCUT2D eigenvalue weighted by Crippen LogP contribution is 2.19. The van der Waals surface area contributed by atoms with Crippen molar-refractivity contribution < 1.29 is 14.3 Å². The Balaban J connectivity index is 1.16. The van der Waals surface area contributed by atoms with Crippen LogP contribution in [-0.2, 0) is 15.9 Å². The van der Waals surface area contributed by atoms with Crippen LogP contribution in [0.1, 0.15) is 31.2 Å². The van der Waals surface area contributed by atoms with Crippen LogP contribution in [0.25, 0.3) is 10.9 Å². The fraction of sp³-hybridized carbons (Fsp3) is 0.571. The zero-order valence-corrected chi connectivity index (χ0v) is 15.8. The summed E-state index contributed by atoms with van der Waals surface area (Å²) in [6, 6.07) is 8.29. The smallest absolute Gasteiger partial charge is 0.317 e. The highest BCUT2D eigenvalue weighted by Gasteiger charge is 2.24. The Morgan fingerprint density at radius 1 is 1.26 bits per heavy atom. The number of piperidine rings is 1. The number of aromatic nitrogens is 1. The van der Waals surface area contributed by atoms with Gasteiger partial charge in [-0.3, -0.25) is 0 Å². The van der Waals surface area contributed by atoms with Gasteiger partial charge in [0.1, 0.15) is 0 Å². The molecule has 1 aromatic carbocycles. The molecule has 2 fully saturated rings. The zero-order valence-electron chi connectivity index (χ0n) is 15.8. The van der Waals surface area contributed by atoms with E-state index in [1.165, 1.54) is 10.9 Å². The summed E-state index contributed by atoms with van der Waals surface area (Å²) >= 11 is 0. The summed E-state index contributed by atoms with van der Waals surface area (Å²) in [4.78, 5) is 17.6. The average Bonchev–Trinajstić information content (AvgIpc) is 3.37. The molecule has 3 heterocycles. The number of hydrogen-bond acceptors (Lipinski definition) is 3. The molecule has 0 radical (unpaired) electrons. The van der Waals surface area contributed by atoms with Gasteiger partial charge < -0.3 is 24.7 Å². The number of aromatic amines is 1. The molecule has 1 atom stereocenters. The van der Waals surface area contributed by atoms with E-state index in [0.29, 0.717) is 13.2 Å². The van der Waals surface area contributed by atoms with Gasteiger partial charge in [0.05, 0.1) is 18.8 Å². The Morgan fingerprint density at radius 2 is 2.11 bits per heavy atom. The molecule has 27 heavy (non-hydrogen) atoms. The molecule has 0 aliphatic carbocycles. The van der Waals surface area contributed by atoms with Crippen LogP contribution in [0, 0.1) is 0 Å². The SMILES string of the molecule is O=C(NCCc1c[nH]c2ccccc12)N1CCC(OCC2CCCO2)CC1. The second-order valence-electron chi connectivity index (χ2n) is 7.50. The molecule has 2 N–H and O–H groups in total. The van der Waals surface area contributed by atoms with Gasteiger partial charge in [-0.2, -0.15) is 0 Å². The molecule has 2 aromatic rings. The zero-order chi connectivity index (χ0) is 18.5. The third kappa shape index (κ3) is 4.62. The Bertz CT molecular complexity index is 746. The van der Waals surface area contributed by atoms with Gasteiger partial charge in [0, 0.05) is 43.3 Å². The van der Waals surface area contributed by atoms with Gasteiger partial charge in [-0.15, -0.1) is 0 Å². The number of carbonyl (C=O) groups is 1. The van der Waals surface area contributed by atoms with Gasteiger partial charge in [0.15, 0.2) is 0 Å². The predicted molar refractivity (Wildman–Crippen MR) is 105 cm³/mol. The molecule has 0 bridgehead atoms. The summed E-state index contributed by atoms with van der Waals surface area (Å²) in [6.07, 6.45) is 7.46. The van der Waals surface area contributed by atoms with E-state index in [1.807, 2.05) is 23.2 Å². The molecule has 4 rings (SSSR count). The molecule has 2 amide bonds. The monoisotopic (exact) mass is 371 g/mol. The lowest BCUT2D eigenvalue weighted by molar-refractivity contribution is -0.0381. The lowest BCUT2D eigenvalue weighted by Gasteiger charge is -2.32. The van der Waals surface area contributed by atoms with Crippen LogP contribution in [0.4, 0.5) is 4.79 Å². The molecule has 0 saturated carbocycles. The number of rotatable bonds is 6. The van der Waals surface area contributed by atoms with E-state index < -0.39 is 0 Å². The van der Waals surface area contributed by atoms with Crippen molar-refractivity contribution in [1.29, 1.82) is 0 Å². The normalized spacial score (nSPS) is 21.0. The molecule has 0 spiro atoms. The van der Waals surface area contributed by atoms with E-state index in [9.17, 15) is 4.79 Å². The van der Waals surface area contributed by atoms with Crippen LogP contribution >= 0.6 is 0 Å². The predicted octanol–water partition coefficient (Wildman–Crippen LogP) is 3.08. The minimum Gasteiger partial charge on any atom is -0.376 e. The van der Waals surface area contributed by atoms with Crippen molar-refractivity contribution in [2.24, 2.45) is 0 Å². The summed E-state index contributed by atoms with van der Waals surface area (Å²) in [5.74, 6) is 0. The Morgan fingerprint density at radius 3 is 2.93 bits per heavy atom. The number of urea groups is 1. The second-order valence-corrected chi connectivity index (χ2v) is 7.50. The van der Waals surface area contributed by atoms with Crippen LogP contribution < -0.4 is 5.32 Å². The molecule has 6 heteroatoms. The standard InChI is InChI=1S/C21H29N3O3/c25-21(22-10-7-16-14-23-20-6-2-1-5-19(16)20)24-11-8-17(9-12-24)27-15-18-4-3-13-26-18/h1-2,5-6,14,17-18,23H,3-4,7-13,15H2,(H,22,25). The Labute approximate surface area is 160 Å². The van der Waals surface area contributed by atoms with Gasteiger partial charge in [-0.05, 0) is 43.7 Å². The minimum absolute atomic E-state index is 0.0346. The number of nitrogens with one attached hydrogen (secondary N) is 2. The van der Waals surface area contributed by atoms with Crippen molar-refractivity contribution >= 4 is 16.9 Å². The Hall–Kier alpha value is -2.05. The number of benzene rings is 1. The number of ether oxygens (including phenoxy) is 2. The summed E-state index contributed by atoms with van der Waals surface area (Å²) in [7, 11) is 0. The first-order chi connectivity index (χ1) is 13.3. The van der Waals surface area contributed by atoms with Gasteiger partial charge in [-0.1, -0.05) is 18.2 Å². The first kappa shape index (κ1) is 18.3. The van der Waals surface area contributed by atoms with E-state index in [0.717, 1.165) is 57.3 Å². The summed E-state index contributed by atoms with van der Waals surface area (Å²) in [5, 5.41) is 4.29. The molecule has 2 aliphatic rings. The number of para-hydroxylation sites is 1. The maximum Gasteiger partial charge on any atom is 0.317 e. The average molecular weight is 371 g/mol. The minimum atomic E-state index is 0.0346. The molecule has 2 aliphatic heterocycles. The van der Waals surface area contributed by atoms with E-state index in [4.69, 9.17) is 9.47 Å². The van der Waals surface area contributed by atoms with Crippen molar-refractivity contribution in [2.45, 2.75) is 44.3 Å². The molecular formula is C21H29N3O3. The van der Waals surface area contributed by atoms with Crippen molar-refractivity contribution in [3.05, 3.63) is 36.0 Å². The number of fused-ring (bicyclic) bond motifs is 1. The van der Waals surface area contributed by atoms with Gasteiger partial charge in [-0.25, -0.2) is 4.79 Å². The van der Waals surface area contributed by atoms with Gasteiger partial charge in [0.2, 0.25) is 0 Å². The topological polar surface area (TPSA) is 66.6 Å². The highest BCUT2D eigenvalue weighted by molar-refractivity contribution is 5.83. The highest BCUT2D eigenvalue weighted by atomic mass is 16.5. The number of carbonyl (C=O) groups excluding carboxylic acids is 1. The summed E-state index contributed by atoms with van der Waals surface area (Å²) in [6.45, 7) is 3.73. The molecule has 1 unspecified atom stereocenters.